The fourth-order valence-electron chi connectivity index (χ4n) is 2.81. The zero-order chi connectivity index (χ0) is 19.4. The molecule has 7 heteroatoms. The Balaban J connectivity index is 2.19. The number of methoxy groups -OCH3 is 1. The fraction of sp³-hybridized carbons (Fsp3) is 0.200. The summed E-state index contributed by atoms with van der Waals surface area (Å²) in [6, 6.07) is 12.9. The van der Waals surface area contributed by atoms with Crippen molar-refractivity contribution in [2.75, 3.05) is 20.3 Å². The number of aliphatic hydroxyl groups is 1. The molecule has 0 amide bonds. The third-order valence-corrected chi connectivity index (χ3v) is 4.16. The van der Waals surface area contributed by atoms with Crippen molar-refractivity contribution in [1.29, 1.82) is 0 Å². The van der Waals surface area contributed by atoms with E-state index in [4.69, 9.17) is 9.84 Å². The maximum absolute atomic E-state index is 13.2. The van der Waals surface area contributed by atoms with Crippen molar-refractivity contribution in [2.24, 2.45) is 4.99 Å². The Hall–Kier alpha value is -3.19. The van der Waals surface area contributed by atoms with E-state index in [1.165, 1.54) is 28.9 Å². The standard InChI is InChI=1S/C20H20FN3O3/c1-13(22-11-12-25)18-19(14-3-9-17(27-2)10-4-14)23-24(20(18)26)16-7-5-15(21)6-8-16/h3-10,23,25H,11-12H2,1-2H3. The van der Waals surface area contributed by atoms with Gasteiger partial charge < -0.3 is 9.84 Å². The minimum atomic E-state index is -0.380. The zero-order valence-corrected chi connectivity index (χ0v) is 15.1. The Morgan fingerprint density at radius 1 is 1.19 bits per heavy atom. The van der Waals surface area contributed by atoms with Crippen LogP contribution in [0.15, 0.2) is 58.3 Å². The number of aliphatic hydroxyl groups excluding tert-OH is 1. The summed E-state index contributed by atoms with van der Waals surface area (Å²) >= 11 is 0. The molecule has 27 heavy (non-hydrogen) atoms. The quantitative estimate of drug-likeness (QED) is 0.656. The number of aliphatic imine (C=N–C) groups is 1. The van der Waals surface area contributed by atoms with Gasteiger partial charge in [0.15, 0.2) is 0 Å². The average Bonchev–Trinajstić information content (AvgIpc) is 3.04. The second-order valence-electron chi connectivity index (χ2n) is 5.90. The van der Waals surface area contributed by atoms with E-state index in [-0.39, 0.29) is 24.5 Å². The van der Waals surface area contributed by atoms with Gasteiger partial charge in [-0.05, 0) is 55.5 Å². The predicted octanol–water partition coefficient (Wildman–Crippen LogP) is 2.78. The van der Waals surface area contributed by atoms with Crippen LogP contribution in [0.3, 0.4) is 0 Å². The molecule has 0 fully saturated rings. The molecule has 1 heterocycles. The Bertz CT molecular complexity index is 1000. The summed E-state index contributed by atoms with van der Waals surface area (Å²) in [5.41, 5.74) is 2.49. The van der Waals surface area contributed by atoms with Crippen molar-refractivity contribution in [2.45, 2.75) is 6.92 Å². The van der Waals surface area contributed by atoms with Crippen molar-refractivity contribution < 1.29 is 14.2 Å². The molecule has 3 aromatic rings. The molecule has 0 radical (unpaired) electrons. The van der Waals surface area contributed by atoms with Gasteiger partial charge in [-0.1, -0.05) is 0 Å². The molecule has 0 bridgehead atoms. The minimum Gasteiger partial charge on any atom is -0.497 e. The van der Waals surface area contributed by atoms with E-state index >= 15 is 0 Å². The van der Waals surface area contributed by atoms with Crippen LogP contribution < -0.4 is 10.3 Å². The van der Waals surface area contributed by atoms with Crippen LogP contribution in [0.25, 0.3) is 16.9 Å². The normalized spacial score (nSPS) is 11.6. The van der Waals surface area contributed by atoms with Gasteiger partial charge in [-0.25, -0.2) is 9.07 Å². The number of H-pyrrole nitrogens is 1. The summed E-state index contributed by atoms with van der Waals surface area (Å²) in [6.45, 7) is 1.82. The average molecular weight is 369 g/mol. The molecular formula is C20H20FN3O3. The maximum Gasteiger partial charge on any atom is 0.280 e. The lowest BCUT2D eigenvalue weighted by molar-refractivity contribution is 0.307. The Morgan fingerprint density at radius 2 is 1.85 bits per heavy atom. The van der Waals surface area contributed by atoms with Gasteiger partial charge in [0.25, 0.3) is 5.56 Å². The second-order valence-corrected chi connectivity index (χ2v) is 5.90. The summed E-state index contributed by atoms with van der Waals surface area (Å²) in [5.74, 6) is 0.320. The summed E-state index contributed by atoms with van der Waals surface area (Å²) in [4.78, 5) is 17.3. The zero-order valence-electron chi connectivity index (χ0n) is 15.1. The Labute approximate surface area is 155 Å². The first kappa shape index (κ1) is 18.6. The van der Waals surface area contributed by atoms with Gasteiger partial charge in [0, 0.05) is 11.3 Å². The topological polar surface area (TPSA) is 79.6 Å². The van der Waals surface area contributed by atoms with Crippen LogP contribution in [0.2, 0.25) is 0 Å². The largest absolute Gasteiger partial charge is 0.497 e. The minimum absolute atomic E-state index is 0.105. The number of hydrogen-bond acceptors (Lipinski definition) is 4. The molecule has 0 spiro atoms. The van der Waals surface area contributed by atoms with Crippen LogP contribution in [0.4, 0.5) is 4.39 Å². The highest BCUT2D eigenvalue weighted by Gasteiger charge is 2.19. The number of hydrogen-bond donors (Lipinski definition) is 2. The highest BCUT2D eigenvalue weighted by Crippen LogP contribution is 2.24. The number of nitrogens with zero attached hydrogens (tertiary/aromatic N) is 2. The van der Waals surface area contributed by atoms with Crippen molar-refractivity contribution in [3.63, 3.8) is 0 Å². The van der Waals surface area contributed by atoms with Crippen LogP contribution in [-0.4, -0.2) is 40.9 Å². The molecule has 6 nitrogen and oxygen atoms in total. The van der Waals surface area contributed by atoms with E-state index in [1.807, 2.05) is 12.1 Å². The molecule has 0 atom stereocenters. The molecule has 2 aromatic carbocycles. The van der Waals surface area contributed by atoms with E-state index in [2.05, 4.69) is 10.1 Å². The van der Waals surface area contributed by atoms with E-state index < -0.39 is 0 Å². The molecule has 0 saturated heterocycles. The molecule has 0 aliphatic carbocycles. The van der Waals surface area contributed by atoms with Crippen molar-refractivity contribution in [3.05, 3.63) is 70.3 Å². The number of rotatable bonds is 6. The summed E-state index contributed by atoms with van der Waals surface area (Å²) in [6.07, 6.45) is 0. The smallest absolute Gasteiger partial charge is 0.280 e. The summed E-state index contributed by atoms with van der Waals surface area (Å²) < 4.78 is 19.8. The molecule has 0 aliphatic heterocycles. The second kappa shape index (κ2) is 8.01. The number of ether oxygens (including phenoxy) is 1. The molecule has 0 saturated carbocycles. The lowest BCUT2D eigenvalue weighted by Gasteiger charge is -2.05. The summed E-state index contributed by atoms with van der Waals surface area (Å²) in [7, 11) is 1.58. The number of aromatic nitrogens is 2. The Morgan fingerprint density at radius 3 is 2.44 bits per heavy atom. The highest BCUT2D eigenvalue weighted by molar-refractivity contribution is 6.03. The van der Waals surface area contributed by atoms with Crippen LogP contribution in [-0.2, 0) is 0 Å². The van der Waals surface area contributed by atoms with E-state index in [0.29, 0.717) is 28.4 Å². The highest BCUT2D eigenvalue weighted by atomic mass is 19.1. The van der Waals surface area contributed by atoms with Crippen LogP contribution >= 0.6 is 0 Å². The Kier molecular flexibility index (Phi) is 5.52. The van der Waals surface area contributed by atoms with E-state index in [0.717, 1.165) is 5.56 Å². The van der Waals surface area contributed by atoms with Gasteiger partial charge >= 0.3 is 0 Å². The number of halogens is 1. The van der Waals surface area contributed by atoms with Crippen LogP contribution in [0, 0.1) is 5.82 Å². The lowest BCUT2D eigenvalue weighted by atomic mass is 10.1. The third kappa shape index (κ3) is 3.83. The van der Waals surface area contributed by atoms with Gasteiger partial charge in [0.05, 0.1) is 37.2 Å². The van der Waals surface area contributed by atoms with E-state index in [9.17, 15) is 9.18 Å². The molecule has 1 aromatic heterocycles. The molecule has 140 valence electrons. The fourth-order valence-corrected chi connectivity index (χ4v) is 2.81. The molecule has 0 aliphatic rings. The van der Waals surface area contributed by atoms with Gasteiger partial charge in [0.2, 0.25) is 0 Å². The summed E-state index contributed by atoms with van der Waals surface area (Å²) in [5, 5.41) is 12.1. The van der Waals surface area contributed by atoms with Gasteiger partial charge in [-0.2, -0.15) is 0 Å². The molecule has 0 unspecified atom stereocenters. The number of aromatic amines is 1. The number of nitrogens with one attached hydrogen (secondary N) is 1. The van der Waals surface area contributed by atoms with Crippen molar-refractivity contribution >= 4 is 5.71 Å². The van der Waals surface area contributed by atoms with Gasteiger partial charge in [-0.3, -0.25) is 14.9 Å². The maximum atomic E-state index is 13.2. The predicted molar refractivity (Wildman–Crippen MR) is 102 cm³/mol. The lowest BCUT2D eigenvalue weighted by Crippen LogP contribution is -2.20. The molecule has 3 rings (SSSR count). The molecular weight excluding hydrogens is 349 g/mol. The van der Waals surface area contributed by atoms with Gasteiger partial charge in [0.1, 0.15) is 11.6 Å². The third-order valence-electron chi connectivity index (χ3n) is 4.16. The van der Waals surface area contributed by atoms with Crippen molar-refractivity contribution in [1.82, 2.24) is 9.78 Å². The number of benzene rings is 2. The van der Waals surface area contributed by atoms with Crippen LogP contribution in [0.5, 0.6) is 5.75 Å². The van der Waals surface area contributed by atoms with Crippen LogP contribution in [0.1, 0.15) is 12.5 Å². The SMILES string of the molecule is COc1ccc(-c2[nH]n(-c3ccc(F)cc3)c(=O)c2C(C)=NCCO)cc1. The first-order valence-corrected chi connectivity index (χ1v) is 8.43. The molecule has 2 N–H and O–H groups in total. The first-order chi connectivity index (χ1) is 13.0. The van der Waals surface area contributed by atoms with Crippen molar-refractivity contribution in [3.8, 4) is 22.7 Å². The first-order valence-electron chi connectivity index (χ1n) is 8.43. The van der Waals surface area contributed by atoms with Gasteiger partial charge in [-0.15, -0.1) is 0 Å². The van der Waals surface area contributed by atoms with E-state index in [1.54, 1.807) is 26.2 Å². The monoisotopic (exact) mass is 369 g/mol.